The SMILES string of the molecule is Cc1ccnc(Nc2cc(NCCNC(=O)c3ccco3)nc(C)n2)c1. The second kappa shape index (κ2) is 8.11. The molecule has 0 saturated heterocycles. The first-order chi connectivity index (χ1) is 12.6. The van der Waals surface area contributed by atoms with Gasteiger partial charge in [0.25, 0.3) is 5.91 Å². The van der Waals surface area contributed by atoms with Crippen LogP contribution in [0.25, 0.3) is 0 Å². The molecule has 0 radical (unpaired) electrons. The molecule has 26 heavy (non-hydrogen) atoms. The van der Waals surface area contributed by atoms with E-state index in [-0.39, 0.29) is 5.91 Å². The molecule has 3 aromatic rings. The van der Waals surface area contributed by atoms with Crippen LogP contribution in [0, 0.1) is 13.8 Å². The number of hydrogen-bond acceptors (Lipinski definition) is 7. The molecule has 0 atom stereocenters. The Labute approximate surface area is 151 Å². The van der Waals surface area contributed by atoms with Crippen LogP contribution < -0.4 is 16.0 Å². The quantitative estimate of drug-likeness (QED) is 0.561. The van der Waals surface area contributed by atoms with Gasteiger partial charge in [0.2, 0.25) is 0 Å². The van der Waals surface area contributed by atoms with Crippen molar-refractivity contribution in [3.05, 3.63) is 59.9 Å². The van der Waals surface area contributed by atoms with Gasteiger partial charge < -0.3 is 20.4 Å². The maximum Gasteiger partial charge on any atom is 0.287 e. The van der Waals surface area contributed by atoms with E-state index in [1.54, 1.807) is 24.4 Å². The summed E-state index contributed by atoms with van der Waals surface area (Å²) in [6.07, 6.45) is 3.21. The topological polar surface area (TPSA) is 105 Å². The summed E-state index contributed by atoms with van der Waals surface area (Å²) in [5.74, 6) is 2.71. The average Bonchev–Trinajstić information content (AvgIpc) is 3.13. The summed E-state index contributed by atoms with van der Waals surface area (Å²) < 4.78 is 5.04. The van der Waals surface area contributed by atoms with Gasteiger partial charge in [-0.05, 0) is 43.7 Å². The van der Waals surface area contributed by atoms with Crippen LogP contribution in [0.3, 0.4) is 0 Å². The molecule has 1 amide bonds. The Kier molecular flexibility index (Phi) is 5.43. The second-order valence-electron chi connectivity index (χ2n) is 5.69. The number of furan rings is 1. The second-order valence-corrected chi connectivity index (χ2v) is 5.69. The average molecular weight is 352 g/mol. The number of aromatic nitrogens is 3. The number of amides is 1. The third kappa shape index (κ3) is 4.79. The zero-order chi connectivity index (χ0) is 18.4. The lowest BCUT2D eigenvalue weighted by Gasteiger charge is -2.10. The first kappa shape index (κ1) is 17.4. The molecule has 0 aromatic carbocycles. The van der Waals surface area contributed by atoms with Crippen molar-refractivity contribution < 1.29 is 9.21 Å². The normalized spacial score (nSPS) is 10.4. The number of pyridine rings is 1. The highest BCUT2D eigenvalue weighted by atomic mass is 16.3. The predicted octanol–water partition coefficient (Wildman–Crippen LogP) is 2.67. The zero-order valence-electron chi connectivity index (χ0n) is 14.6. The number of nitrogens with one attached hydrogen (secondary N) is 3. The number of rotatable bonds is 7. The van der Waals surface area contributed by atoms with Gasteiger partial charge >= 0.3 is 0 Å². The van der Waals surface area contributed by atoms with Crippen LogP contribution in [-0.4, -0.2) is 33.9 Å². The van der Waals surface area contributed by atoms with Crippen LogP contribution in [0.5, 0.6) is 0 Å². The van der Waals surface area contributed by atoms with Crippen molar-refractivity contribution in [1.82, 2.24) is 20.3 Å². The van der Waals surface area contributed by atoms with Gasteiger partial charge in [-0.3, -0.25) is 4.79 Å². The molecule has 8 heteroatoms. The molecule has 0 bridgehead atoms. The van der Waals surface area contributed by atoms with Crippen LogP contribution in [0.4, 0.5) is 17.5 Å². The lowest BCUT2D eigenvalue weighted by molar-refractivity contribution is 0.0927. The Hall–Kier alpha value is -3.42. The summed E-state index contributed by atoms with van der Waals surface area (Å²) in [6, 6.07) is 8.96. The molecule has 0 aliphatic heterocycles. The third-order valence-corrected chi connectivity index (χ3v) is 3.47. The molecule has 0 aliphatic rings. The van der Waals surface area contributed by atoms with E-state index in [0.29, 0.717) is 36.3 Å². The van der Waals surface area contributed by atoms with Crippen molar-refractivity contribution in [3.8, 4) is 0 Å². The number of carbonyl (C=O) groups is 1. The van der Waals surface area contributed by atoms with Crippen molar-refractivity contribution in [2.75, 3.05) is 23.7 Å². The molecule has 134 valence electrons. The summed E-state index contributed by atoms with van der Waals surface area (Å²) in [6.45, 7) is 4.77. The van der Waals surface area contributed by atoms with Crippen LogP contribution in [0.1, 0.15) is 21.9 Å². The van der Waals surface area contributed by atoms with Crippen LogP contribution in [-0.2, 0) is 0 Å². The van der Waals surface area contributed by atoms with Gasteiger partial charge in [0, 0.05) is 25.4 Å². The Balaban J connectivity index is 1.55. The minimum atomic E-state index is -0.247. The van der Waals surface area contributed by atoms with Crippen molar-refractivity contribution in [2.24, 2.45) is 0 Å². The Morgan fingerprint density at radius 3 is 2.69 bits per heavy atom. The summed E-state index contributed by atoms with van der Waals surface area (Å²) in [7, 11) is 0. The minimum Gasteiger partial charge on any atom is -0.459 e. The smallest absolute Gasteiger partial charge is 0.287 e. The molecule has 8 nitrogen and oxygen atoms in total. The number of anilines is 3. The Bertz CT molecular complexity index is 879. The van der Waals surface area contributed by atoms with Gasteiger partial charge in [0.1, 0.15) is 23.3 Å². The summed E-state index contributed by atoms with van der Waals surface area (Å²) >= 11 is 0. The van der Waals surface area contributed by atoms with E-state index in [4.69, 9.17) is 4.42 Å². The fraction of sp³-hybridized carbons (Fsp3) is 0.222. The zero-order valence-corrected chi connectivity index (χ0v) is 14.6. The first-order valence-electron chi connectivity index (χ1n) is 8.21. The third-order valence-electron chi connectivity index (χ3n) is 3.47. The molecule has 3 aromatic heterocycles. The van der Waals surface area contributed by atoms with Crippen molar-refractivity contribution in [2.45, 2.75) is 13.8 Å². The number of carbonyl (C=O) groups excluding carboxylic acids is 1. The highest BCUT2D eigenvalue weighted by Gasteiger charge is 2.07. The number of hydrogen-bond donors (Lipinski definition) is 3. The van der Waals surface area contributed by atoms with E-state index in [1.807, 2.05) is 26.0 Å². The number of aryl methyl sites for hydroxylation is 2. The Morgan fingerprint density at radius 2 is 1.92 bits per heavy atom. The van der Waals surface area contributed by atoms with E-state index in [0.717, 1.165) is 11.4 Å². The standard InChI is InChI=1S/C18H20N6O2/c1-12-5-6-19-15(10-12)24-17-11-16(22-13(2)23-17)20-7-8-21-18(25)14-4-3-9-26-14/h3-6,9-11H,7-8H2,1-2H3,(H,21,25)(H2,19,20,22,23,24). The summed E-state index contributed by atoms with van der Waals surface area (Å²) in [5.41, 5.74) is 1.11. The highest BCUT2D eigenvalue weighted by Crippen LogP contribution is 2.16. The molecule has 0 unspecified atom stereocenters. The van der Waals surface area contributed by atoms with Gasteiger partial charge in [-0.25, -0.2) is 15.0 Å². The maximum atomic E-state index is 11.8. The maximum absolute atomic E-state index is 11.8. The van der Waals surface area contributed by atoms with Crippen molar-refractivity contribution >= 4 is 23.4 Å². The van der Waals surface area contributed by atoms with Gasteiger partial charge in [0.15, 0.2) is 5.76 Å². The van der Waals surface area contributed by atoms with Crippen molar-refractivity contribution in [3.63, 3.8) is 0 Å². The van der Waals surface area contributed by atoms with Gasteiger partial charge in [0.05, 0.1) is 6.26 Å². The molecule has 3 heterocycles. The molecule has 0 aliphatic carbocycles. The molecular formula is C18H20N6O2. The van der Waals surface area contributed by atoms with Crippen LogP contribution >= 0.6 is 0 Å². The minimum absolute atomic E-state index is 0.247. The monoisotopic (exact) mass is 352 g/mol. The molecule has 0 saturated carbocycles. The number of nitrogens with zero attached hydrogens (tertiary/aromatic N) is 3. The van der Waals surface area contributed by atoms with Crippen LogP contribution in [0.2, 0.25) is 0 Å². The molecule has 3 rings (SSSR count). The Morgan fingerprint density at radius 1 is 1.08 bits per heavy atom. The lowest BCUT2D eigenvalue weighted by atomic mass is 10.3. The van der Waals surface area contributed by atoms with Crippen LogP contribution in [0.15, 0.2) is 47.2 Å². The fourth-order valence-corrected chi connectivity index (χ4v) is 2.32. The van der Waals surface area contributed by atoms with E-state index in [2.05, 4.69) is 30.9 Å². The summed E-state index contributed by atoms with van der Waals surface area (Å²) in [4.78, 5) is 24.8. The highest BCUT2D eigenvalue weighted by molar-refractivity contribution is 5.91. The van der Waals surface area contributed by atoms with Gasteiger partial charge in [-0.15, -0.1) is 0 Å². The van der Waals surface area contributed by atoms with E-state index < -0.39 is 0 Å². The fourth-order valence-electron chi connectivity index (χ4n) is 2.32. The van der Waals surface area contributed by atoms with E-state index in [9.17, 15) is 4.79 Å². The summed E-state index contributed by atoms with van der Waals surface area (Å²) in [5, 5.41) is 9.10. The molecule has 0 fully saturated rings. The van der Waals surface area contributed by atoms with Gasteiger partial charge in [-0.2, -0.15) is 0 Å². The van der Waals surface area contributed by atoms with Gasteiger partial charge in [-0.1, -0.05) is 0 Å². The van der Waals surface area contributed by atoms with Crippen molar-refractivity contribution in [1.29, 1.82) is 0 Å². The largest absolute Gasteiger partial charge is 0.459 e. The van der Waals surface area contributed by atoms with E-state index in [1.165, 1.54) is 6.26 Å². The first-order valence-corrected chi connectivity index (χ1v) is 8.21. The molecule has 3 N–H and O–H groups in total. The van der Waals surface area contributed by atoms with E-state index >= 15 is 0 Å². The lowest BCUT2D eigenvalue weighted by Crippen LogP contribution is -2.28. The molecular weight excluding hydrogens is 332 g/mol. The predicted molar refractivity (Wildman–Crippen MR) is 98.6 cm³/mol. The molecule has 0 spiro atoms.